The summed E-state index contributed by atoms with van der Waals surface area (Å²) < 4.78 is 28.3. The molecule has 1 unspecified atom stereocenters. The lowest BCUT2D eigenvalue weighted by atomic mass is 10.1. The molecule has 5 nitrogen and oxygen atoms in total. The number of ether oxygens (including phenoxy) is 1. The van der Waals surface area contributed by atoms with Crippen LogP contribution in [0.15, 0.2) is 0 Å². The Morgan fingerprint density at radius 1 is 1.53 bits per heavy atom. The molecule has 0 radical (unpaired) electrons. The molecular formula is C10H16F2N2O3. The molecule has 0 spiro atoms. The third-order valence-corrected chi connectivity index (χ3v) is 2.52. The van der Waals surface area contributed by atoms with Crippen LogP contribution in [0.4, 0.5) is 8.78 Å². The zero-order valence-electron chi connectivity index (χ0n) is 9.62. The van der Waals surface area contributed by atoms with Gasteiger partial charge in [0.2, 0.25) is 11.8 Å². The number of nitrogens with one attached hydrogen (secondary N) is 1. The van der Waals surface area contributed by atoms with Gasteiger partial charge in [-0.3, -0.25) is 9.59 Å². The summed E-state index contributed by atoms with van der Waals surface area (Å²) in [7, 11) is 0. The van der Waals surface area contributed by atoms with Crippen LogP contribution in [0, 0.1) is 0 Å². The molecule has 1 saturated heterocycles. The van der Waals surface area contributed by atoms with Crippen molar-refractivity contribution in [3.63, 3.8) is 0 Å². The molecule has 1 aliphatic rings. The number of amides is 2. The van der Waals surface area contributed by atoms with Crippen molar-refractivity contribution < 1.29 is 23.1 Å². The van der Waals surface area contributed by atoms with Gasteiger partial charge in [-0.2, -0.15) is 0 Å². The summed E-state index contributed by atoms with van der Waals surface area (Å²) in [6, 6.07) is -0.522. The van der Waals surface area contributed by atoms with Gasteiger partial charge in [0.15, 0.2) is 0 Å². The number of rotatable bonds is 6. The van der Waals surface area contributed by atoms with E-state index in [1.165, 1.54) is 4.90 Å². The smallest absolute Gasteiger partial charge is 0.261 e. The van der Waals surface area contributed by atoms with Gasteiger partial charge in [-0.1, -0.05) is 6.92 Å². The highest BCUT2D eigenvalue weighted by molar-refractivity contribution is 5.94. The second-order valence-electron chi connectivity index (χ2n) is 3.69. The van der Waals surface area contributed by atoms with Gasteiger partial charge in [-0.15, -0.1) is 0 Å². The Bertz CT molecular complexity index is 287. The molecule has 1 heterocycles. The van der Waals surface area contributed by atoms with Gasteiger partial charge in [0.05, 0.1) is 13.2 Å². The summed E-state index contributed by atoms with van der Waals surface area (Å²) in [5.74, 6) is -0.418. The number of halogens is 2. The van der Waals surface area contributed by atoms with Crippen LogP contribution in [0.5, 0.6) is 0 Å². The Morgan fingerprint density at radius 3 is 2.82 bits per heavy atom. The maximum Gasteiger partial charge on any atom is 0.261 e. The molecule has 1 fully saturated rings. The van der Waals surface area contributed by atoms with E-state index < -0.39 is 19.1 Å². The first kappa shape index (κ1) is 13.8. The minimum Gasteiger partial charge on any atom is -0.374 e. The van der Waals surface area contributed by atoms with Crippen LogP contribution in [-0.4, -0.2) is 55.5 Å². The van der Waals surface area contributed by atoms with E-state index in [2.05, 4.69) is 5.32 Å². The molecule has 0 bridgehead atoms. The van der Waals surface area contributed by atoms with E-state index in [1.807, 2.05) is 0 Å². The largest absolute Gasteiger partial charge is 0.374 e. The average Bonchev–Trinajstić information content (AvgIpc) is 2.28. The van der Waals surface area contributed by atoms with Crippen LogP contribution < -0.4 is 5.32 Å². The third kappa shape index (κ3) is 3.92. The highest BCUT2D eigenvalue weighted by Crippen LogP contribution is 2.09. The molecule has 0 aromatic carbocycles. The lowest BCUT2D eigenvalue weighted by Crippen LogP contribution is -2.58. The van der Waals surface area contributed by atoms with Gasteiger partial charge in [-0.25, -0.2) is 8.78 Å². The van der Waals surface area contributed by atoms with Crippen LogP contribution in [-0.2, 0) is 14.3 Å². The lowest BCUT2D eigenvalue weighted by molar-refractivity contribution is -0.146. The fraction of sp³-hybridized carbons (Fsp3) is 0.800. The predicted molar refractivity (Wildman–Crippen MR) is 55.6 cm³/mol. The molecule has 1 N–H and O–H groups in total. The van der Waals surface area contributed by atoms with E-state index >= 15 is 0 Å². The molecule has 2 amide bonds. The first-order valence-corrected chi connectivity index (χ1v) is 5.49. The van der Waals surface area contributed by atoms with Crippen LogP contribution in [0.2, 0.25) is 0 Å². The minimum atomic E-state index is -2.52. The van der Waals surface area contributed by atoms with Gasteiger partial charge in [0.25, 0.3) is 6.43 Å². The van der Waals surface area contributed by atoms with Gasteiger partial charge in [0, 0.05) is 6.54 Å². The van der Waals surface area contributed by atoms with E-state index in [0.29, 0.717) is 6.42 Å². The Balaban J connectivity index is 2.42. The van der Waals surface area contributed by atoms with E-state index in [4.69, 9.17) is 4.74 Å². The Hall–Kier alpha value is -1.24. The fourth-order valence-electron chi connectivity index (χ4n) is 1.72. The van der Waals surface area contributed by atoms with Gasteiger partial charge < -0.3 is 15.0 Å². The van der Waals surface area contributed by atoms with E-state index in [-0.39, 0.29) is 31.5 Å². The molecule has 1 rings (SSSR count). The second kappa shape index (κ2) is 6.48. The van der Waals surface area contributed by atoms with E-state index in [0.717, 1.165) is 0 Å². The standard InChI is InChI=1S/C10H16F2N2O3/c1-2-7-10(16)13-5-9(15)14(7)3-4-17-6-8(11)12/h7-8H,2-6H2,1H3,(H,13,16). The normalized spacial score (nSPS) is 20.9. The molecule has 0 aliphatic carbocycles. The van der Waals surface area contributed by atoms with Crippen molar-refractivity contribution in [2.45, 2.75) is 25.8 Å². The monoisotopic (exact) mass is 250 g/mol. The quantitative estimate of drug-likeness (QED) is 0.675. The topological polar surface area (TPSA) is 58.6 Å². The fourth-order valence-corrected chi connectivity index (χ4v) is 1.72. The van der Waals surface area contributed by atoms with Gasteiger partial charge in [0.1, 0.15) is 12.6 Å². The van der Waals surface area contributed by atoms with Crippen molar-refractivity contribution in [1.29, 1.82) is 0 Å². The summed E-state index contributed by atoms with van der Waals surface area (Å²) in [5.41, 5.74) is 0. The van der Waals surface area contributed by atoms with E-state index in [1.54, 1.807) is 6.92 Å². The van der Waals surface area contributed by atoms with Crippen LogP contribution in [0.3, 0.4) is 0 Å². The maximum atomic E-state index is 11.8. The zero-order valence-corrected chi connectivity index (χ0v) is 9.62. The summed E-state index contributed by atoms with van der Waals surface area (Å²) >= 11 is 0. The molecule has 1 atom stereocenters. The Kier molecular flexibility index (Phi) is 5.27. The molecule has 98 valence electrons. The number of piperazine rings is 1. The number of hydrogen-bond donors (Lipinski definition) is 1. The first-order chi connectivity index (χ1) is 8.06. The Morgan fingerprint density at radius 2 is 2.24 bits per heavy atom. The molecule has 17 heavy (non-hydrogen) atoms. The summed E-state index contributed by atoms with van der Waals surface area (Å²) in [6.45, 7) is 1.28. The molecule has 0 aromatic heterocycles. The number of nitrogens with zero attached hydrogens (tertiary/aromatic N) is 1. The second-order valence-corrected chi connectivity index (χ2v) is 3.69. The lowest BCUT2D eigenvalue weighted by Gasteiger charge is -2.34. The number of hydrogen-bond acceptors (Lipinski definition) is 3. The van der Waals surface area contributed by atoms with Crippen molar-refractivity contribution in [3.8, 4) is 0 Å². The third-order valence-electron chi connectivity index (χ3n) is 2.52. The minimum absolute atomic E-state index is 0.0137. The van der Waals surface area contributed by atoms with Crippen molar-refractivity contribution >= 4 is 11.8 Å². The molecular weight excluding hydrogens is 234 g/mol. The van der Waals surface area contributed by atoms with Gasteiger partial charge in [-0.05, 0) is 6.42 Å². The summed E-state index contributed by atoms with van der Waals surface area (Å²) in [6.07, 6.45) is -2.02. The Labute approximate surface area is 98.1 Å². The van der Waals surface area contributed by atoms with Crippen LogP contribution in [0.25, 0.3) is 0 Å². The maximum absolute atomic E-state index is 11.8. The number of carbonyl (C=O) groups excluding carboxylic acids is 2. The SMILES string of the molecule is CCC1C(=O)NCC(=O)N1CCOCC(F)F. The molecule has 7 heteroatoms. The van der Waals surface area contributed by atoms with Crippen LogP contribution >= 0.6 is 0 Å². The van der Waals surface area contributed by atoms with Crippen LogP contribution in [0.1, 0.15) is 13.3 Å². The molecule has 1 aliphatic heterocycles. The summed E-state index contributed by atoms with van der Waals surface area (Å²) in [4.78, 5) is 24.4. The zero-order chi connectivity index (χ0) is 12.8. The predicted octanol–water partition coefficient (Wildman–Crippen LogP) is 0.00510. The molecule has 0 aromatic rings. The van der Waals surface area contributed by atoms with Crippen molar-refractivity contribution in [2.24, 2.45) is 0 Å². The van der Waals surface area contributed by atoms with Crippen molar-refractivity contribution in [3.05, 3.63) is 0 Å². The number of carbonyl (C=O) groups is 2. The highest BCUT2D eigenvalue weighted by Gasteiger charge is 2.32. The van der Waals surface area contributed by atoms with E-state index in [9.17, 15) is 18.4 Å². The summed E-state index contributed by atoms with van der Waals surface area (Å²) in [5, 5.41) is 2.48. The first-order valence-electron chi connectivity index (χ1n) is 5.49. The van der Waals surface area contributed by atoms with Crippen molar-refractivity contribution in [1.82, 2.24) is 10.2 Å². The highest BCUT2D eigenvalue weighted by atomic mass is 19.3. The number of alkyl halides is 2. The molecule has 0 saturated carbocycles. The average molecular weight is 250 g/mol. The van der Waals surface area contributed by atoms with Crippen molar-refractivity contribution in [2.75, 3.05) is 26.3 Å². The van der Waals surface area contributed by atoms with Gasteiger partial charge >= 0.3 is 0 Å².